The fraction of sp³-hybridized carbons (Fsp3) is 0.158. The molecule has 1 heterocycles. The van der Waals surface area contributed by atoms with E-state index in [0.29, 0.717) is 12.1 Å². The lowest BCUT2D eigenvalue weighted by Crippen LogP contribution is -2.24. The minimum Gasteiger partial charge on any atom is -0.347 e. The predicted octanol–water partition coefficient (Wildman–Crippen LogP) is 4.71. The molecule has 0 saturated heterocycles. The van der Waals surface area contributed by atoms with Gasteiger partial charge in [0.15, 0.2) is 17.5 Å². The Morgan fingerprint density at radius 3 is 2.38 bits per heavy atom. The third-order valence-corrected chi connectivity index (χ3v) is 4.28. The van der Waals surface area contributed by atoms with Gasteiger partial charge in [0.25, 0.3) is 5.91 Å². The van der Waals surface area contributed by atoms with Crippen LogP contribution in [-0.4, -0.2) is 10.5 Å². The molecule has 2 aromatic carbocycles. The van der Waals surface area contributed by atoms with E-state index in [9.17, 15) is 35.9 Å². The molecule has 0 spiro atoms. The Morgan fingerprint density at radius 1 is 1.07 bits per heavy atom. The summed E-state index contributed by atoms with van der Waals surface area (Å²) in [4.78, 5) is 25.1. The quantitative estimate of drug-likeness (QED) is 0.499. The summed E-state index contributed by atoms with van der Waals surface area (Å²) in [6.45, 7) is 1.85. The molecule has 4 nitrogen and oxygen atoms in total. The second-order valence-electron chi connectivity index (χ2n) is 6.06. The van der Waals surface area contributed by atoms with Crippen LogP contribution in [0.1, 0.15) is 22.8 Å². The van der Waals surface area contributed by atoms with Crippen LogP contribution in [-0.2, 0) is 12.7 Å². The normalized spacial score (nSPS) is 11.7. The number of pyridine rings is 1. The Balaban J connectivity index is 2.14. The highest BCUT2D eigenvalue weighted by Gasteiger charge is 2.31. The van der Waals surface area contributed by atoms with E-state index in [2.05, 4.69) is 0 Å². The van der Waals surface area contributed by atoms with Crippen LogP contribution in [0, 0.1) is 17.5 Å². The van der Waals surface area contributed by atoms with E-state index in [-0.39, 0.29) is 17.4 Å². The molecule has 0 bridgehead atoms. The number of halogens is 6. The lowest BCUT2D eigenvalue weighted by atomic mass is 10.1. The van der Waals surface area contributed by atoms with Crippen molar-refractivity contribution in [3.63, 3.8) is 0 Å². The molecule has 10 heteroatoms. The fourth-order valence-corrected chi connectivity index (χ4v) is 2.81. The highest BCUT2D eigenvalue weighted by molar-refractivity contribution is 6.05. The lowest BCUT2D eigenvalue weighted by Gasteiger charge is -2.14. The number of carbonyl (C=O) groups excluding carboxylic acids is 1. The van der Waals surface area contributed by atoms with Crippen molar-refractivity contribution in [2.24, 2.45) is 0 Å². The van der Waals surface area contributed by atoms with Crippen LogP contribution in [0.15, 0.2) is 41.3 Å². The van der Waals surface area contributed by atoms with E-state index in [0.717, 1.165) is 24.4 Å². The van der Waals surface area contributed by atoms with Crippen molar-refractivity contribution in [1.29, 1.82) is 0 Å². The molecule has 1 N–H and O–H groups in total. The molecule has 1 amide bonds. The number of fused-ring (bicyclic) bond motifs is 1. The highest BCUT2D eigenvalue weighted by Crippen LogP contribution is 2.31. The molecule has 0 fully saturated rings. The van der Waals surface area contributed by atoms with E-state index in [1.807, 2.05) is 5.32 Å². The predicted molar refractivity (Wildman–Crippen MR) is 93.2 cm³/mol. The van der Waals surface area contributed by atoms with Gasteiger partial charge >= 0.3 is 6.18 Å². The SMILES string of the molecule is CCn1cc(C(=O)Nc2ccc(F)c(F)c2F)c(=O)c2cc(C(F)(F)F)ccc21. The number of aryl methyl sites for hydroxylation is 1. The average molecular weight is 414 g/mol. The number of benzene rings is 2. The first-order chi connectivity index (χ1) is 13.5. The van der Waals surface area contributed by atoms with Crippen LogP contribution in [0.25, 0.3) is 10.9 Å². The molecule has 3 aromatic rings. The standard InChI is InChI=1S/C19H12F6N2O2/c1-2-27-8-11(18(29)26-13-5-4-12(20)15(21)16(13)22)17(28)10-7-9(19(23,24)25)3-6-14(10)27/h3-8H,2H2,1H3,(H,26,29). The topological polar surface area (TPSA) is 51.1 Å². The number of nitrogens with one attached hydrogen (secondary N) is 1. The molecule has 0 saturated carbocycles. The molecular weight excluding hydrogens is 402 g/mol. The number of rotatable bonds is 3. The van der Waals surface area contributed by atoms with Crippen LogP contribution >= 0.6 is 0 Å². The molecule has 0 aliphatic rings. The van der Waals surface area contributed by atoms with Gasteiger partial charge in [-0.25, -0.2) is 13.2 Å². The van der Waals surface area contributed by atoms with Crippen LogP contribution in [0.4, 0.5) is 32.0 Å². The van der Waals surface area contributed by atoms with Gasteiger partial charge in [0.05, 0.1) is 16.8 Å². The summed E-state index contributed by atoms with van der Waals surface area (Å²) >= 11 is 0. The maximum Gasteiger partial charge on any atom is 0.416 e. The number of aromatic nitrogens is 1. The van der Waals surface area contributed by atoms with Gasteiger partial charge in [0, 0.05) is 18.1 Å². The fourth-order valence-electron chi connectivity index (χ4n) is 2.81. The first-order valence-electron chi connectivity index (χ1n) is 8.23. The van der Waals surface area contributed by atoms with Crippen LogP contribution < -0.4 is 10.7 Å². The van der Waals surface area contributed by atoms with Crippen molar-refractivity contribution in [3.8, 4) is 0 Å². The van der Waals surface area contributed by atoms with Crippen molar-refractivity contribution in [2.75, 3.05) is 5.32 Å². The number of hydrogen-bond acceptors (Lipinski definition) is 2. The molecule has 0 aliphatic carbocycles. The molecule has 0 aliphatic heterocycles. The van der Waals surface area contributed by atoms with Crippen molar-refractivity contribution in [2.45, 2.75) is 19.6 Å². The van der Waals surface area contributed by atoms with E-state index in [1.165, 1.54) is 4.57 Å². The number of nitrogens with zero attached hydrogens (tertiary/aromatic N) is 1. The van der Waals surface area contributed by atoms with E-state index in [1.54, 1.807) is 6.92 Å². The molecule has 0 unspecified atom stereocenters. The van der Waals surface area contributed by atoms with Gasteiger partial charge in [-0.3, -0.25) is 9.59 Å². The molecular formula is C19H12F6N2O2. The van der Waals surface area contributed by atoms with E-state index in [4.69, 9.17) is 0 Å². The minimum absolute atomic E-state index is 0.168. The summed E-state index contributed by atoms with van der Waals surface area (Å²) in [5.41, 5.74) is -3.23. The number of hydrogen-bond donors (Lipinski definition) is 1. The van der Waals surface area contributed by atoms with Crippen LogP contribution in [0.3, 0.4) is 0 Å². The maximum absolute atomic E-state index is 13.8. The molecule has 1 aromatic heterocycles. The summed E-state index contributed by atoms with van der Waals surface area (Å²) in [6.07, 6.45) is -3.60. The zero-order chi connectivity index (χ0) is 21.5. The molecule has 0 atom stereocenters. The second-order valence-corrected chi connectivity index (χ2v) is 6.06. The smallest absolute Gasteiger partial charge is 0.347 e. The van der Waals surface area contributed by atoms with Gasteiger partial charge in [0.2, 0.25) is 5.43 Å². The maximum atomic E-state index is 13.8. The Kier molecular flexibility index (Phi) is 5.12. The molecule has 152 valence electrons. The second kappa shape index (κ2) is 7.26. The van der Waals surface area contributed by atoms with Gasteiger partial charge in [0.1, 0.15) is 5.56 Å². The van der Waals surface area contributed by atoms with E-state index >= 15 is 0 Å². The first-order valence-corrected chi connectivity index (χ1v) is 8.23. The van der Waals surface area contributed by atoms with Crippen molar-refractivity contribution in [3.05, 3.63) is 75.3 Å². The highest BCUT2D eigenvalue weighted by atomic mass is 19.4. The largest absolute Gasteiger partial charge is 0.416 e. The zero-order valence-corrected chi connectivity index (χ0v) is 14.7. The minimum atomic E-state index is -4.70. The molecule has 29 heavy (non-hydrogen) atoms. The number of alkyl halides is 3. The van der Waals surface area contributed by atoms with Gasteiger partial charge in [-0.05, 0) is 37.3 Å². The van der Waals surface area contributed by atoms with Gasteiger partial charge in [-0.1, -0.05) is 0 Å². The Hall–Kier alpha value is -3.30. The number of carbonyl (C=O) groups is 1. The average Bonchev–Trinajstić information content (AvgIpc) is 2.67. The summed E-state index contributed by atoms with van der Waals surface area (Å²) in [5.74, 6) is -6.14. The van der Waals surface area contributed by atoms with E-state index < -0.39 is 51.8 Å². The van der Waals surface area contributed by atoms with Crippen molar-refractivity contribution >= 4 is 22.5 Å². The van der Waals surface area contributed by atoms with Crippen LogP contribution in [0.5, 0.6) is 0 Å². The van der Waals surface area contributed by atoms with Crippen molar-refractivity contribution < 1.29 is 31.1 Å². The van der Waals surface area contributed by atoms with Crippen molar-refractivity contribution in [1.82, 2.24) is 4.57 Å². The summed E-state index contributed by atoms with van der Waals surface area (Å²) in [5, 5.41) is 1.58. The third-order valence-electron chi connectivity index (χ3n) is 4.28. The molecule has 3 rings (SSSR count). The lowest BCUT2D eigenvalue weighted by molar-refractivity contribution is -0.137. The summed E-state index contributed by atoms with van der Waals surface area (Å²) in [6, 6.07) is 3.88. The summed E-state index contributed by atoms with van der Waals surface area (Å²) in [7, 11) is 0. The Bertz CT molecular complexity index is 1180. The monoisotopic (exact) mass is 414 g/mol. The van der Waals surface area contributed by atoms with Gasteiger partial charge < -0.3 is 9.88 Å². The molecule has 0 radical (unpaired) electrons. The number of amides is 1. The Morgan fingerprint density at radius 2 is 1.76 bits per heavy atom. The van der Waals surface area contributed by atoms with Gasteiger partial charge in [-0.15, -0.1) is 0 Å². The first kappa shape index (κ1) is 20.4. The van der Waals surface area contributed by atoms with Gasteiger partial charge in [-0.2, -0.15) is 13.2 Å². The zero-order valence-electron chi connectivity index (χ0n) is 14.7. The Labute approximate surface area is 159 Å². The van der Waals surface area contributed by atoms with Crippen LogP contribution in [0.2, 0.25) is 0 Å². The number of anilines is 1. The third kappa shape index (κ3) is 3.69. The summed E-state index contributed by atoms with van der Waals surface area (Å²) < 4.78 is 80.5.